The summed E-state index contributed by atoms with van der Waals surface area (Å²) in [6.07, 6.45) is 0. The average molecular weight is 766 g/mol. The summed E-state index contributed by atoms with van der Waals surface area (Å²) in [5.74, 6) is 1.71. The Hall–Kier alpha value is -7.94. The van der Waals surface area contributed by atoms with Gasteiger partial charge in [-0.05, 0) is 127 Å². The van der Waals surface area contributed by atoms with Crippen molar-refractivity contribution in [1.82, 2.24) is 0 Å². The van der Waals surface area contributed by atoms with E-state index in [-0.39, 0.29) is 0 Å². The van der Waals surface area contributed by atoms with E-state index in [0.29, 0.717) is 0 Å². The van der Waals surface area contributed by atoms with E-state index in [9.17, 15) is 0 Å². The summed E-state index contributed by atoms with van der Waals surface area (Å²) in [5, 5.41) is 2.34. The molecule has 0 atom stereocenters. The van der Waals surface area contributed by atoms with Crippen LogP contribution in [-0.2, 0) is 0 Å². The van der Waals surface area contributed by atoms with Crippen molar-refractivity contribution in [3.63, 3.8) is 0 Å². The summed E-state index contributed by atoms with van der Waals surface area (Å²) in [6, 6.07) is 84.7. The molecule has 0 radical (unpaired) electrons. The van der Waals surface area contributed by atoms with Crippen molar-refractivity contribution in [2.45, 2.75) is 0 Å². The Morgan fingerprint density at radius 1 is 0.250 bits per heavy atom. The van der Waals surface area contributed by atoms with E-state index in [1.807, 2.05) is 0 Å². The van der Waals surface area contributed by atoms with Crippen LogP contribution in [0.5, 0.6) is 11.5 Å². The maximum Gasteiger partial charge on any atom is 0.135 e. The molecule has 0 amide bonds. The monoisotopic (exact) mass is 765 g/mol. The van der Waals surface area contributed by atoms with Gasteiger partial charge in [-0.25, -0.2) is 0 Å². The van der Waals surface area contributed by atoms with Crippen LogP contribution >= 0.6 is 0 Å². The summed E-state index contributed by atoms with van der Waals surface area (Å²) in [4.78, 5) is 2.34. The van der Waals surface area contributed by atoms with Gasteiger partial charge in [0.25, 0.3) is 0 Å². The first-order valence-corrected chi connectivity index (χ1v) is 20.5. The van der Waals surface area contributed by atoms with Crippen LogP contribution in [0.25, 0.3) is 77.5 Å². The lowest BCUT2D eigenvalue weighted by molar-refractivity contribution is 0.488. The number of hydrogen-bond donors (Lipinski definition) is 0. The van der Waals surface area contributed by atoms with E-state index in [4.69, 9.17) is 4.74 Å². The third-order valence-corrected chi connectivity index (χ3v) is 11.7. The van der Waals surface area contributed by atoms with Crippen LogP contribution < -0.4 is 9.64 Å². The molecule has 0 saturated heterocycles. The molecule has 0 saturated carbocycles. The summed E-state index contributed by atoms with van der Waals surface area (Å²) in [7, 11) is 0. The minimum atomic E-state index is 0.843. The van der Waals surface area contributed by atoms with Gasteiger partial charge in [0.1, 0.15) is 11.5 Å². The molecule has 0 unspecified atom stereocenters. The van der Waals surface area contributed by atoms with E-state index < -0.39 is 0 Å². The normalized spacial score (nSPS) is 11.5. The van der Waals surface area contributed by atoms with Gasteiger partial charge in [0.15, 0.2) is 0 Å². The zero-order valence-corrected chi connectivity index (χ0v) is 32.9. The second-order valence-corrected chi connectivity index (χ2v) is 15.3. The SMILES string of the molecule is c1ccc(-c2ccc(N(c3ccc(-c4ccccc4)cc3)c3ccc(-c4cccc5c4-c4cc(-c6ccccc6)ccc4-c4cc6ccccc6cc4O5)cc3)cc2)cc1. The van der Waals surface area contributed by atoms with E-state index in [0.717, 1.165) is 67.3 Å². The number of anilines is 3. The van der Waals surface area contributed by atoms with E-state index >= 15 is 0 Å². The molecule has 10 aromatic carbocycles. The zero-order chi connectivity index (χ0) is 39.8. The number of fused-ring (bicyclic) bond motifs is 6. The lowest BCUT2D eigenvalue weighted by Gasteiger charge is -2.26. The van der Waals surface area contributed by atoms with E-state index in [2.05, 4.69) is 241 Å². The Bertz CT molecular complexity index is 3040. The molecule has 0 bridgehead atoms. The van der Waals surface area contributed by atoms with E-state index in [1.54, 1.807) is 0 Å². The topological polar surface area (TPSA) is 12.5 Å². The third-order valence-electron chi connectivity index (χ3n) is 11.7. The van der Waals surface area contributed by atoms with Crippen molar-refractivity contribution in [1.29, 1.82) is 0 Å². The largest absolute Gasteiger partial charge is 0.456 e. The van der Waals surface area contributed by atoms with Gasteiger partial charge in [-0.2, -0.15) is 0 Å². The highest BCUT2D eigenvalue weighted by atomic mass is 16.5. The van der Waals surface area contributed by atoms with Crippen molar-refractivity contribution < 1.29 is 4.74 Å². The maximum absolute atomic E-state index is 6.95. The van der Waals surface area contributed by atoms with Crippen molar-refractivity contribution >= 4 is 27.8 Å². The third kappa shape index (κ3) is 6.51. The molecular weight excluding hydrogens is 727 g/mol. The number of hydrogen-bond acceptors (Lipinski definition) is 2. The van der Waals surface area contributed by atoms with Gasteiger partial charge >= 0.3 is 0 Å². The van der Waals surface area contributed by atoms with Crippen molar-refractivity contribution in [2.75, 3.05) is 4.90 Å². The van der Waals surface area contributed by atoms with Crippen LogP contribution in [0, 0.1) is 0 Å². The fourth-order valence-corrected chi connectivity index (χ4v) is 8.67. The van der Waals surface area contributed by atoms with Crippen LogP contribution in [-0.4, -0.2) is 0 Å². The molecule has 2 nitrogen and oxygen atoms in total. The van der Waals surface area contributed by atoms with Crippen LogP contribution in [0.1, 0.15) is 0 Å². The summed E-state index contributed by atoms with van der Waals surface area (Å²) in [5.41, 5.74) is 17.1. The molecule has 0 aromatic heterocycles. The predicted molar refractivity (Wildman–Crippen MR) is 251 cm³/mol. The number of ether oxygens (including phenoxy) is 1. The average Bonchev–Trinajstić information content (AvgIpc) is 3.46. The Morgan fingerprint density at radius 3 is 1.25 bits per heavy atom. The minimum Gasteiger partial charge on any atom is -0.456 e. The van der Waals surface area contributed by atoms with Crippen LogP contribution in [0.15, 0.2) is 237 Å². The van der Waals surface area contributed by atoms with Crippen molar-refractivity contribution in [3.05, 3.63) is 237 Å². The van der Waals surface area contributed by atoms with E-state index in [1.165, 1.54) is 38.8 Å². The van der Waals surface area contributed by atoms with Crippen LogP contribution in [0.2, 0.25) is 0 Å². The summed E-state index contributed by atoms with van der Waals surface area (Å²) >= 11 is 0. The fourth-order valence-electron chi connectivity index (χ4n) is 8.67. The first-order chi connectivity index (χ1) is 29.7. The second-order valence-electron chi connectivity index (χ2n) is 15.3. The van der Waals surface area contributed by atoms with Crippen molar-refractivity contribution in [3.8, 4) is 78.3 Å². The Kier molecular flexibility index (Phi) is 8.87. The van der Waals surface area contributed by atoms with Gasteiger partial charge in [0.05, 0.1) is 0 Å². The molecule has 2 heteroatoms. The lowest BCUT2D eigenvalue weighted by Crippen LogP contribution is -2.09. The molecule has 0 spiro atoms. The quantitative estimate of drug-likeness (QED) is 0.160. The fraction of sp³-hybridized carbons (Fsp3) is 0. The standard InChI is InChI=1S/C58H39NO/c1-4-13-40(14-5-1)43-23-30-49(31-24-43)59(50-32-25-44(26-33-50)41-15-6-2-7-16-41)51-34-27-45(28-35-51)52-21-12-22-56-58(52)55-38-48(42-17-8-3-9-18-42)29-36-53(55)54-37-46-19-10-11-20-47(46)39-57(54)60-56/h1-39H. The van der Waals surface area contributed by atoms with Crippen LogP contribution in [0.3, 0.4) is 0 Å². The Morgan fingerprint density at radius 2 is 0.700 bits per heavy atom. The second kappa shape index (κ2) is 15.1. The summed E-state index contributed by atoms with van der Waals surface area (Å²) < 4.78 is 6.95. The molecule has 0 aliphatic carbocycles. The predicted octanol–water partition coefficient (Wildman–Crippen LogP) is 16.4. The van der Waals surface area contributed by atoms with Gasteiger partial charge in [-0.1, -0.05) is 176 Å². The molecule has 1 aliphatic rings. The van der Waals surface area contributed by atoms with Gasteiger partial charge in [-0.3, -0.25) is 0 Å². The molecule has 0 fully saturated rings. The Labute approximate surface area is 350 Å². The van der Waals surface area contributed by atoms with Crippen LogP contribution in [0.4, 0.5) is 17.1 Å². The maximum atomic E-state index is 6.95. The molecule has 282 valence electrons. The molecule has 10 aromatic rings. The first-order valence-electron chi connectivity index (χ1n) is 20.5. The van der Waals surface area contributed by atoms with Gasteiger partial charge in [0, 0.05) is 28.2 Å². The smallest absolute Gasteiger partial charge is 0.135 e. The lowest BCUT2D eigenvalue weighted by atomic mass is 9.87. The molecular formula is C58H39NO. The zero-order valence-electron chi connectivity index (χ0n) is 32.9. The van der Waals surface area contributed by atoms with Gasteiger partial charge in [-0.15, -0.1) is 0 Å². The molecule has 11 rings (SSSR count). The van der Waals surface area contributed by atoms with Gasteiger partial charge < -0.3 is 9.64 Å². The number of rotatable bonds is 7. The highest BCUT2D eigenvalue weighted by Gasteiger charge is 2.25. The molecule has 0 N–H and O–H groups in total. The van der Waals surface area contributed by atoms with Gasteiger partial charge in [0.2, 0.25) is 0 Å². The van der Waals surface area contributed by atoms with Crippen molar-refractivity contribution in [2.24, 2.45) is 0 Å². The highest BCUT2D eigenvalue weighted by Crippen LogP contribution is 2.52. The highest BCUT2D eigenvalue weighted by molar-refractivity contribution is 6.02. The first kappa shape index (κ1) is 35.2. The molecule has 1 aliphatic heterocycles. The molecule has 1 heterocycles. The number of benzene rings is 10. The minimum absolute atomic E-state index is 0.843. The summed E-state index contributed by atoms with van der Waals surface area (Å²) in [6.45, 7) is 0. The molecule has 60 heavy (non-hydrogen) atoms. The Balaban J connectivity index is 1.03. The number of nitrogens with zero attached hydrogens (tertiary/aromatic N) is 1.